The summed E-state index contributed by atoms with van der Waals surface area (Å²) in [5, 5.41) is 20.5. The number of esters is 1. The number of likely N-dealkylation sites (N-methyl/N-ethyl adjacent to an activating group) is 1. The predicted molar refractivity (Wildman–Crippen MR) is 237 cm³/mol. The standard InChI is InChI=1S/C48H62N4O10S/c1-11-38-48(8)42(49-46(57)62-48)29(4)39(53)27(2)25-47(7,43(30(5)40(54)31(6)44(56)60-38)61-45-41(55)37(52(9)10)24-28(3)59-45)58-23-13-12-14-32-15-17-33(18-16-32)34-19-21-35(22-20-34)36-26-63-51-50-36/h15-22,26-31,37-38,41-43,45,55H,11,14,23-25H2,1-10H3,(H,49,57)/t27-,28-,29+,30+,31-,37+,38-,41-,42-,43-,45+,47-,48-/m1/s1. The number of benzene rings is 2. The summed E-state index contributed by atoms with van der Waals surface area (Å²) >= 11 is 1.32. The number of alkyl carbamates (subject to hydrolysis) is 1. The zero-order valence-corrected chi connectivity index (χ0v) is 38.8. The lowest BCUT2D eigenvalue weighted by atomic mass is 9.73. The summed E-state index contributed by atoms with van der Waals surface area (Å²) in [6.07, 6.45) is -4.08. The van der Waals surface area contributed by atoms with E-state index in [1.54, 1.807) is 41.5 Å². The van der Waals surface area contributed by atoms with Gasteiger partial charge in [0.1, 0.15) is 36.2 Å². The predicted octanol–water partition coefficient (Wildman–Crippen LogP) is 6.28. The number of cyclic esters (lactones) is 1. The lowest BCUT2D eigenvalue weighted by Crippen LogP contribution is -2.60. The summed E-state index contributed by atoms with van der Waals surface area (Å²) in [7, 11) is 3.73. The second kappa shape index (κ2) is 20.1. The van der Waals surface area contributed by atoms with Crippen LogP contribution in [0, 0.1) is 35.5 Å². The molecule has 13 atom stereocenters. The molecule has 3 aliphatic heterocycles. The normalized spacial score (nSPS) is 34.3. The minimum absolute atomic E-state index is 0.0625. The second-order valence-electron chi connectivity index (χ2n) is 18.1. The molecule has 3 saturated heterocycles. The van der Waals surface area contributed by atoms with Crippen LogP contribution < -0.4 is 5.32 Å². The number of carbonyl (C=O) groups is 4. The molecule has 0 radical (unpaired) electrons. The van der Waals surface area contributed by atoms with Crippen molar-refractivity contribution in [2.24, 2.45) is 23.7 Å². The van der Waals surface area contributed by atoms with Crippen LogP contribution in [0.15, 0.2) is 53.9 Å². The van der Waals surface area contributed by atoms with Crippen molar-refractivity contribution in [1.29, 1.82) is 0 Å². The van der Waals surface area contributed by atoms with Crippen molar-refractivity contribution in [1.82, 2.24) is 19.8 Å². The van der Waals surface area contributed by atoms with E-state index in [0.29, 0.717) is 12.8 Å². The largest absolute Gasteiger partial charge is 0.458 e. The van der Waals surface area contributed by atoms with Gasteiger partial charge in [-0.3, -0.25) is 14.4 Å². The summed E-state index contributed by atoms with van der Waals surface area (Å²) < 4.78 is 35.4. The number of aliphatic hydroxyl groups excluding tert-OH is 1. The molecule has 1 amide bonds. The highest BCUT2D eigenvalue weighted by Gasteiger charge is 2.57. The number of rotatable bonds is 9. The minimum atomic E-state index is -1.40. The molecule has 6 rings (SSSR count). The fraction of sp³-hybridized carbons (Fsp3) is 0.583. The van der Waals surface area contributed by atoms with Gasteiger partial charge in [-0.2, -0.15) is 0 Å². The number of amides is 1. The molecule has 340 valence electrons. The first-order valence-electron chi connectivity index (χ1n) is 21.9. The fourth-order valence-corrected chi connectivity index (χ4v) is 9.95. The van der Waals surface area contributed by atoms with Gasteiger partial charge in [-0.15, -0.1) is 5.10 Å². The van der Waals surface area contributed by atoms with E-state index in [-0.39, 0.29) is 37.4 Å². The van der Waals surface area contributed by atoms with Gasteiger partial charge in [0.15, 0.2) is 17.7 Å². The fourth-order valence-electron chi connectivity index (χ4n) is 9.48. The highest BCUT2D eigenvalue weighted by molar-refractivity contribution is 7.03. The van der Waals surface area contributed by atoms with E-state index >= 15 is 0 Å². The van der Waals surface area contributed by atoms with E-state index in [9.17, 15) is 24.3 Å². The van der Waals surface area contributed by atoms with Crippen LogP contribution in [0.1, 0.15) is 80.2 Å². The van der Waals surface area contributed by atoms with Gasteiger partial charge >= 0.3 is 12.1 Å². The molecule has 0 spiro atoms. The Hall–Kier alpha value is -4.56. The van der Waals surface area contributed by atoms with E-state index < -0.39 is 83.4 Å². The molecular formula is C48H62N4O10S. The van der Waals surface area contributed by atoms with Gasteiger partial charge in [0, 0.05) is 41.2 Å². The summed E-state index contributed by atoms with van der Waals surface area (Å²) in [6.45, 7) is 13.6. The highest BCUT2D eigenvalue weighted by Crippen LogP contribution is 2.40. The molecule has 14 nitrogen and oxygen atoms in total. The third kappa shape index (κ3) is 10.5. The van der Waals surface area contributed by atoms with Crippen LogP contribution in [0.25, 0.3) is 22.4 Å². The Bertz CT molecular complexity index is 2140. The van der Waals surface area contributed by atoms with Gasteiger partial charge in [-0.1, -0.05) is 92.6 Å². The van der Waals surface area contributed by atoms with Crippen molar-refractivity contribution < 1.29 is 48.0 Å². The summed E-state index contributed by atoms with van der Waals surface area (Å²) in [5.41, 5.74) is 2.19. The van der Waals surface area contributed by atoms with Gasteiger partial charge in [0.2, 0.25) is 0 Å². The number of nitrogens with zero attached hydrogens (tertiary/aromatic N) is 3. The van der Waals surface area contributed by atoms with Crippen LogP contribution in [0.3, 0.4) is 0 Å². The average Bonchev–Trinajstić information content (AvgIpc) is 3.92. The minimum Gasteiger partial charge on any atom is -0.458 e. The Morgan fingerprint density at radius 2 is 1.57 bits per heavy atom. The average molecular weight is 887 g/mol. The first-order chi connectivity index (χ1) is 29.9. The zero-order chi connectivity index (χ0) is 45.8. The van der Waals surface area contributed by atoms with Gasteiger partial charge in [0.05, 0.1) is 23.9 Å². The molecule has 0 aliphatic carbocycles. The van der Waals surface area contributed by atoms with Crippen molar-refractivity contribution >= 4 is 35.2 Å². The number of aliphatic hydroxyl groups is 1. The topological polar surface area (TPSA) is 176 Å². The Labute approximate surface area is 374 Å². The van der Waals surface area contributed by atoms with Crippen molar-refractivity contribution in [3.05, 3.63) is 59.5 Å². The van der Waals surface area contributed by atoms with Gasteiger partial charge in [-0.25, -0.2) is 4.79 Å². The molecule has 2 aromatic carbocycles. The number of fused-ring (bicyclic) bond motifs is 1. The molecule has 3 fully saturated rings. The number of Topliss-reactive ketones (excluding diaryl/α,β-unsaturated/α-hetero) is 2. The Morgan fingerprint density at radius 3 is 2.19 bits per heavy atom. The number of nitrogens with one attached hydrogen (secondary N) is 1. The van der Waals surface area contributed by atoms with Crippen molar-refractivity contribution in [3.63, 3.8) is 0 Å². The monoisotopic (exact) mass is 886 g/mol. The van der Waals surface area contributed by atoms with E-state index in [2.05, 4.69) is 51.0 Å². The second-order valence-corrected chi connectivity index (χ2v) is 18.7. The maximum absolute atomic E-state index is 14.5. The van der Waals surface area contributed by atoms with E-state index in [1.165, 1.54) is 18.5 Å². The SMILES string of the molecule is CC[C@H]1OC(=O)[C@H](C)C(=O)[C@H](C)[C@@H](O[C@@H]2O[C@H](C)C[C@H](N(C)C)[C@H]2O)[C@](C)(OCC#CCc2ccc(-c3ccc(-c4csnn4)cc3)cc2)C[C@@H](C)C(=O)[C@H](C)[C@H]2NC(=O)O[C@@]21C. The third-order valence-electron chi connectivity index (χ3n) is 13.2. The molecule has 3 aliphatic rings. The lowest BCUT2D eigenvalue weighted by Gasteiger charge is -2.47. The quantitative estimate of drug-likeness (QED) is 0.140. The molecule has 0 saturated carbocycles. The van der Waals surface area contributed by atoms with Crippen molar-refractivity contribution in [2.75, 3.05) is 20.7 Å². The number of ether oxygens (including phenoxy) is 5. The van der Waals surface area contributed by atoms with Crippen LogP contribution in [-0.2, 0) is 44.5 Å². The maximum Gasteiger partial charge on any atom is 0.408 e. The zero-order valence-electron chi connectivity index (χ0n) is 38.0. The first-order valence-corrected chi connectivity index (χ1v) is 22.7. The van der Waals surface area contributed by atoms with E-state index in [1.807, 2.05) is 55.6 Å². The molecule has 4 heterocycles. The van der Waals surface area contributed by atoms with Gasteiger partial charge in [0.25, 0.3) is 0 Å². The number of carbonyl (C=O) groups excluding carboxylic acids is 4. The molecular weight excluding hydrogens is 825 g/mol. The molecule has 2 N–H and O–H groups in total. The molecule has 15 heteroatoms. The molecule has 1 aromatic heterocycles. The lowest BCUT2D eigenvalue weighted by molar-refractivity contribution is -0.296. The summed E-state index contributed by atoms with van der Waals surface area (Å²) in [5.74, 6) is 1.10. The van der Waals surface area contributed by atoms with Crippen molar-refractivity contribution in [2.45, 2.75) is 135 Å². The summed E-state index contributed by atoms with van der Waals surface area (Å²) in [6, 6.07) is 15.2. The molecule has 63 heavy (non-hydrogen) atoms. The van der Waals surface area contributed by atoms with Crippen molar-refractivity contribution in [3.8, 4) is 34.2 Å². The van der Waals surface area contributed by atoms with Gasteiger partial charge < -0.3 is 39.0 Å². The van der Waals surface area contributed by atoms with Crippen LogP contribution >= 0.6 is 11.5 Å². The number of aromatic nitrogens is 2. The van der Waals surface area contributed by atoms with Crippen LogP contribution in [0.2, 0.25) is 0 Å². The number of ketones is 2. The Morgan fingerprint density at radius 1 is 0.921 bits per heavy atom. The molecule has 0 bridgehead atoms. The highest BCUT2D eigenvalue weighted by atomic mass is 32.1. The first kappa shape index (κ1) is 47.9. The summed E-state index contributed by atoms with van der Waals surface area (Å²) in [4.78, 5) is 57.6. The van der Waals surface area contributed by atoms with Crippen LogP contribution in [0.4, 0.5) is 4.79 Å². The maximum atomic E-state index is 14.5. The Balaban J connectivity index is 1.29. The van der Waals surface area contributed by atoms with Crippen LogP contribution in [-0.4, -0.2) is 118 Å². The smallest absolute Gasteiger partial charge is 0.408 e. The van der Waals surface area contributed by atoms with Crippen LogP contribution in [0.5, 0.6) is 0 Å². The third-order valence-corrected chi connectivity index (χ3v) is 13.7. The van der Waals surface area contributed by atoms with E-state index in [0.717, 1.165) is 27.9 Å². The molecule has 0 unspecified atom stereocenters. The van der Waals surface area contributed by atoms with Gasteiger partial charge in [-0.05, 0) is 89.3 Å². The molecule has 3 aromatic rings. The Kier molecular flexibility index (Phi) is 15.3. The number of hydrogen-bond donors (Lipinski definition) is 2. The van der Waals surface area contributed by atoms with E-state index in [4.69, 9.17) is 23.7 Å². The number of hydrogen-bond acceptors (Lipinski definition) is 14.